The lowest BCUT2D eigenvalue weighted by Gasteiger charge is -2.15. The van der Waals surface area contributed by atoms with Gasteiger partial charge in [-0.3, -0.25) is 0 Å². The van der Waals surface area contributed by atoms with E-state index in [9.17, 15) is 0 Å². The highest BCUT2D eigenvalue weighted by molar-refractivity contribution is 5.68. The van der Waals surface area contributed by atoms with Crippen molar-refractivity contribution in [3.8, 4) is 11.3 Å². The quantitative estimate of drug-likeness (QED) is 0.608. The highest BCUT2D eigenvalue weighted by Gasteiger charge is 2.09. The first-order chi connectivity index (χ1) is 13.0. The summed E-state index contributed by atoms with van der Waals surface area (Å²) in [6.45, 7) is 4.27. The number of nitrogens with zero attached hydrogens (tertiary/aromatic N) is 3. The zero-order chi connectivity index (χ0) is 19.2. The summed E-state index contributed by atoms with van der Waals surface area (Å²) in [7, 11) is 4.07. The third kappa shape index (κ3) is 4.97. The van der Waals surface area contributed by atoms with Crippen LogP contribution in [0, 0.1) is 0 Å². The van der Waals surface area contributed by atoms with Crippen molar-refractivity contribution in [3.63, 3.8) is 0 Å². The van der Waals surface area contributed by atoms with Crippen LogP contribution >= 0.6 is 0 Å². The Kier molecular flexibility index (Phi) is 5.91. The largest absolute Gasteiger partial charge is 0.378 e. The normalized spacial score (nSPS) is 11.7. The SMILES string of the molecule is CCC(C)Nc1nc(Nc2ccc(N(C)C)cc2)cc(-c2ccccc2)n1. The van der Waals surface area contributed by atoms with Gasteiger partial charge in [-0.2, -0.15) is 4.98 Å². The Hall–Kier alpha value is -3.08. The molecule has 0 spiro atoms. The number of nitrogens with one attached hydrogen (secondary N) is 2. The number of benzene rings is 2. The van der Waals surface area contributed by atoms with Crippen LogP contribution < -0.4 is 15.5 Å². The van der Waals surface area contributed by atoms with Crippen molar-refractivity contribution in [1.29, 1.82) is 0 Å². The lowest BCUT2D eigenvalue weighted by atomic mass is 10.1. The minimum absolute atomic E-state index is 0.309. The molecule has 0 radical (unpaired) electrons. The first-order valence-electron chi connectivity index (χ1n) is 9.30. The first kappa shape index (κ1) is 18.7. The van der Waals surface area contributed by atoms with Crippen molar-refractivity contribution in [2.24, 2.45) is 0 Å². The Balaban J connectivity index is 1.91. The molecular weight excluding hydrogens is 334 g/mol. The monoisotopic (exact) mass is 361 g/mol. The summed E-state index contributed by atoms with van der Waals surface area (Å²) in [5.41, 5.74) is 4.11. The summed E-state index contributed by atoms with van der Waals surface area (Å²) in [5.74, 6) is 1.41. The summed E-state index contributed by atoms with van der Waals surface area (Å²) in [4.78, 5) is 11.4. The standard InChI is InChI=1S/C22H27N5/c1-5-16(2)23-22-25-20(17-9-7-6-8-10-17)15-21(26-22)24-18-11-13-19(14-12-18)27(3)4/h6-16H,5H2,1-4H3,(H2,23,24,25,26). The Labute approximate surface area is 161 Å². The summed E-state index contributed by atoms with van der Waals surface area (Å²) in [6, 6.07) is 20.7. The Morgan fingerprint density at radius 1 is 0.963 bits per heavy atom. The summed E-state index contributed by atoms with van der Waals surface area (Å²) in [6.07, 6.45) is 1.01. The molecule has 2 aromatic carbocycles. The van der Waals surface area contributed by atoms with Crippen LogP contribution in [0.5, 0.6) is 0 Å². The molecule has 140 valence electrons. The van der Waals surface area contributed by atoms with Gasteiger partial charge in [0.1, 0.15) is 5.82 Å². The van der Waals surface area contributed by atoms with Crippen LogP contribution in [0.25, 0.3) is 11.3 Å². The van der Waals surface area contributed by atoms with E-state index in [1.165, 1.54) is 0 Å². The third-order valence-corrected chi connectivity index (χ3v) is 4.44. The van der Waals surface area contributed by atoms with E-state index in [1.807, 2.05) is 38.4 Å². The molecule has 0 fully saturated rings. The van der Waals surface area contributed by atoms with Crippen molar-refractivity contribution in [2.45, 2.75) is 26.3 Å². The molecular formula is C22H27N5. The number of rotatable bonds is 7. The molecule has 0 saturated heterocycles. The Morgan fingerprint density at radius 3 is 2.30 bits per heavy atom. The van der Waals surface area contributed by atoms with Gasteiger partial charge in [0.25, 0.3) is 0 Å². The van der Waals surface area contributed by atoms with Crippen LogP contribution in [-0.4, -0.2) is 30.1 Å². The molecule has 0 aliphatic carbocycles. The van der Waals surface area contributed by atoms with Gasteiger partial charge in [0.15, 0.2) is 0 Å². The lowest BCUT2D eigenvalue weighted by Crippen LogP contribution is -2.16. The minimum Gasteiger partial charge on any atom is -0.378 e. The fraction of sp³-hybridized carbons (Fsp3) is 0.273. The van der Waals surface area contributed by atoms with Gasteiger partial charge >= 0.3 is 0 Å². The molecule has 0 aliphatic rings. The fourth-order valence-electron chi connectivity index (χ4n) is 2.65. The average molecular weight is 361 g/mol. The highest BCUT2D eigenvalue weighted by atomic mass is 15.2. The van der Waals surface area contributed by atoms with E-state index < -0.39 is 0 Å². The van der Waals surface area contributed by atoms with Crippen LogP contribution in [-0.2, 0) is 0 Å². The van der Waals surface area contributed by atoms with Crippen molar-refractivity contribution < 1.29 is 0 Å². The lowest BCUT2D eigenvalue weighted by molar-refractivity contribution is 0.753. The van der Waals surface area contributed by atoms with Crippen LogP contribution in [0.3, 0.4) is 0 Å². The number of hydrogen-bond acceptors (Lipinski definition) is 5. The van der Waals surface area contributed by atoms with Gasteiger partial charge < -0.3 is 15.5 Å². The van der Waals surface area contributed by atoms with Gasteiger partial charge in [-0.1, -0.05) is 37.3 Å². The molecule has 5 nitrogen and oxygen atoms in total. The molecule has 2 N–H and O–H groups in total. The topological polar surface area (TPSA) is 53.1 Å². The van der Waals surface area contributed by atoms with E-state index in [2.05, 4.69) is 70.8 Å². The molecule has 0 amide bonds. The second-order valence-electron chi connectivity index (χ2n) is 6.85. The zero-order valence-electron chi connectivity index (χ0n) is 16.4. The van der Waals surface area contributed by atoms with Crippen LogP contribution in [0.4, 0.5) is 23.1 Å². The van der Waals surface area contributed by atoms with E-state index in [0.29, 0.717) is 12.0 Å². The average Bonchev–Trinajstić information content (AvgIpc) is 2.69. The predicted octanol–water partition coefficient (Wildman–Crippen LogP) is 5.16. The molecule has 0 bridgehead atoms. The molecule has 0 saturated carbocycles. The maximum Gasteiger partial charge on any atom is 0.225 e. The predicted molar refractivity (Wildman–Crippen MR) is 115 cm³/mol. The van der Waals surface area contributed by atoms with E-state index in [4.69, 9.17) is 4.98 Å². The molecule has 5 heteroatoms. The van der Waals surface area contributed by atoms with E-state index in [-0.39, 0.29) is 0 Å². The van der Waals surface area contributed by atoms with E-state index >= 15 is 0 Å². The van der Waals surface area contributed by atoms with Gasteiger partial charge in [-0.25, -0.2) is 4.98 Å². The van der Waals surface area contributed by atoms with Crippen LogP contribution in [0.1, 0.15) is 20.3 Å². The minimum atomic E-state index is 0.309. The third-order valence-electron chi connectivity index (χ3n) is 4.44. The molecule has 3 aromatic rings. The van der Waals surface area contributed by atoms with Gasteiger partial charge in [-0.15, -0.1) is 0 Å². The smallest absolute Gasteiger partial charge is 0.225 e. The highest BCUT2D eigenvalue weighted by Crippen LogP contribution is 2.25. The molecule has 27 heavy (non-hydrogen) atoms. The van der Waals surface area contributed by atoms with Crippen molar-refractivity contribution in [3.05, 3.63) is 60.7 Å². The number of anilines is 4. The van der Waals surface area contributed by atoms with Gasteiger partial charge in [-0.05, 0) is 37.6 Å². The van der Waals surface area contributed by atoms with Gasteiger partial charge in [0.2, 0.25) is 5.95 Å². The fourth-order valence-corrected chi connectivity index (χ4v) is 2.65. The zero-order valence-corrected chi connectivity index (χ0v) is 16.4. The Morgan fingerprint density at radius 2 is 1.67 bits per heavy atom. The van der Waals surface area contributed by atoms with Crippen molar-refractivity contribution in [2.75, 3.05) is 29.6 Å². The maximum atomic E-state index is 4.70. The summed E-state index contributed by atoms with van der Waals surface area (Å²) in [5, 5.41) is 6.79. The molecule has 1 atom stereocenters. The molecule has 1 heterocycles. The first-order valence-corrected chi connectivity index (χ1v) is 9.30. The molecule has 1 unspecified atom stereocenters. The van der Waals surface area contributed by atoms with Crippen LogP contribution in [0.2, 0.25) is 0 Å². The number of hydrogen-bond donors (Lipinski definition) is 2. The number of aromatic nitrogens is 2. The van der Waals surface area contributed by atoms with E-state index in [1.54, 1.807) is 0 Å². The van der Waals surface area contributed by atoms with Gasteiger partial charge in [0.05, 0.1) is 5.69 Å². The molecule has 3 rings (SSSR count). The Bertz CT molecular complexity index is 860. The van der Waals surface area contributed by atoms with E-state index in [0.717, 1.165) is 34.9 Å². The van der Waals surface area contributed by atoms with Crippen LogP contribution in [0.15, 0.2) is 60.7 Å². The molecule has 1 aromatic heterocycles. The maximum absolute atomic E-state index is 4.70. The van der Waals surface area contributed by atoms with Crippen molar-refractivity contribution in [1.82, 2.24) is 9.97 Å². The second kappa shape index (κ2) is 8.54. The summed E-state index contributed by atoms with van der Waals surface area (Å²) < 4.78 is 0. The van der Waals surface area contributed by atoms with Gasteiger partial charge in [0, 0.05) is 43.1 Å². The summed E-state index contributed by atoms with van der Waals surface area (Å²) >= 11 is 0. The molecule has 0 aliphatic heterocycles. The van der Waals surface area contributed by atoms with Crippen molar-refractivity contribution >= 4 is 23.1 Å². The second-order valence-corrected chi connectivity index (χ2v) is 6.85.